The van der Waals surface area contributed by atoms with Crippen molar-refractivity contribution in [1.82, 2.24) is 0 Å². The number of carbonyl (C=O) groups is 2. The first-order chi connectivity index (χ1) is 11.9. The number of benzene rings is 2. The molecule has 4 nitrogen and oxygen atoms in total. The molecular formula is C21H26N2O2. The lowest BCUT2D eigenvalue weighted by Crippen LogP contribution is -2.36. The molecule has 0 bridgehead atoms. The molecule has 0 unspecified atom stereocenters. The molecule has 132 valence electrons. The third-order valence-electron chi connectivity index (χ3n) is 4.13. The number of hydrogen-bond acceptors (Lipinski definition) is 2. The van der Waals surface area contributed by atoms with Crippen LogP contribution in [-0.4, -0.2) is 24.9 Å². The fourth-order valence-electron chi connectivity index (χ4n) is 3.03. The molecule has 0 aromatic heterocycles. The maximum absolute atomic E-state index is 12.7. The minimum atomic E-state index is -0.0550. The van der Waals surface area contributed by atoms with E-state index in [1.807, 2.05) is 63.2 Å². The largest absolute Gasteiger partial charge is 0.313 e. The highest BCUT2D eigenvalue weighted by atomic mass is 16.2. The molecule has 4 heteroatoms. The molecule has 0 saturated carbocycles. The van der Waals surface area contributed by atoms with Crippen LogP contribution in [0.3, 0.4) is 0 Å². The van der Waals surface area contributed by atoms with Crippen molar-refractivity contribution in [3.05, 3.63) is 59.7 Å². The van der Waals surface area contributed by atoms with Gasteiger partial charge in [0.15, 0.2) is 0 Å². The first-order valence-corrected chi connectivity index (χ1v) is 8.64. The highest BCUT2D eigenvalue weighted by Gasteiger charge is 2.18. The zero-order chi connectivity index (χ0) is 18.4. The maximum atomic E-state index is 12.7. The van der Waals surface area contributed by atoms with Crippen molar-refractivity contribution >= 4 is 23.2 Å². The molecule has 2 amide bonds. The molecule has 0 spiro atoms. The Morgan fingerprint density at radius 1 is 0.880 bits per heavy atom. The van der Waals surface area contributed by atoms with E-state index in [0.717, 1.165) is 22.5 Å². The van der Waals surface area contributed by atoms with Crippen molar-refractivity contribution < 1.29 is 9.59 Å². The molecule has 0 radical (unpaired) electrons. The van der Waals surface area contributed by atoms with E-state index in [1.165, 1.54) is 6.92 Å². The van der Waals surface area contributed by atoms with Gasteiger partial charge in [-0.05, 0) is 56.2 Å². The Morgan fingerprint density at radius 2 is 1.48 bits per heavy atom. The van der Waals surface area contributed by atoms with Crippen LogP contribution in [0.2, 0.25) is 0 Å². The Kier molecular flexibility index (Phi) is 6.34. The van der Waals surface area contributed by atoms with Gasteiger partial charge in [0.05, 0.1) is 0 Å². The predicted octanol–water partition coefficient (Wildman–Crippen LogP) is 4.10. The molecule has 0 aliphatic rings. The second-order valence-corrected chi connectivity index (χ2v) is 6.24. The van der Waals surface area contributed by atoms with E-state index in [1.54, 1.807) is 9.80 Å². The summed E-state index contributed by atoms with van der Waals surface area (Å²) in [5.41, 5.74) is 3.94. The third-order valence-corrected chi connectivity index (χ3v) is 4.13. The summed E-state index contributed by atoms with van der Waals surface area (Å²) >= 11 is 0. The van der Waals surface area contributed by atoms with Crippen molar-refractivity contribution in [2.75, 3.05) is 22.9 Å². The molecule has 0 aliphatic carbocycles. The standard InChI is InChI=1S/C21H26N2O2/c1-5-22(19-9-7-6-8-10-19)21(25)11-12-23(18(4)24)20-14-16(2)13-17(3)15-20/h6-10,13-15H,5,11-12H2,1-4H3. The van der Waals surface area contributed by atoms with Gasteiger partial charge in [-0.15, -0.1) is 0 Å². The zero-order valence-electron chi connectivity index (χ0n) is 15.5. The van der Waals surface area contributed by atoms with Crippen LogP contribution < -0.4 is 9.80 Å². The average Bonchev–Trinajstić information content (AvgIpc) is 2.55. The van der Waals surface area contributed by atoms with Gasteiger partial charge >= 0.3 is 0 Å². The number of rotatable bonds is 6. The predicted molar refractivity (Wildman–Crippen MR) is 103 cm³/mol. The second kappa shape index (κ2) is 8.47. The van der Waals surface area contributed by atoms with Crippen LogP contribution in [-0.2, 0) is 9.59 Å². The van der Waals surface area contributed by atoms with Gasteiger partial charge in [-0.25, -0.2) is 0 Å². The van der Waals surface area contributed by atoms with Crippen molar-refractivity contribution in [3.63, 3.8) is 0 Å². The smallest absolute Gasteiger partial charge is 0.228 e. The van der Waals surface area contributed by atoms with Crippen LogP contribution >= 0.6 is 0 Å². The number of para-hydroxylation sites is 1. The summed E-state index contributed by atoms with van der Waals surface area (Å²) in [6.45, 7) is 8.49. The zero-order valence-corrected chi connectivity index (χ0v) is 15.5. The van der Waals surface area contributed by atoms with E-state index in [-0.39, 0.29) is 18.2 Å². The van der Waals surface area contributed by atoms with Crippen LogP contribution in [0.4, 0.5) is 11.4 Å². The Hall–Kier alpha value is -2.62. The lowest BCUT2D eigenvalue weighted by Gasteiger charge is -2.25. The fraction of sp³-hybridized carbons (Fsp3) is 0.333. The van der Waals surface area contributed by atoms with Gasteiger partial charge in [0, 0.05) is 37.8 Å². The van der Waals surface area contributed by atoms with Crippen molar-refractivity contribution in [3.8, 4) is 0 Å². The van der Waals surface area contributed by atoms with Gasteiger partial charge in [-0.2, -0.15) is 0 Å². The molecule has 0 saturated heterocycles. The lowest BCUT2D eigenvalue weighted by atomic mass is 10.1. The third kappa shape index (κ3) is 4.92. The van der Waals surface area contributed by atoms with Crippen LogP contribution in [0, 0.1) is 13.8 Å². The molecule has 2 rings (SSSR count). The van der Waals surface area contributed by atoms with Gasteiger partial charge in [0.2, 0.25) is 11.8 Å². The molecule has 0 heterocycles. The molecule has 25 heavy (non-hydrogen) atoms. The first kappa shape index (κ1) is 18.7. The minimum Gasteiger partial charge on any atom is -0.313 e. The van der Waals surface area contributed by atoms with Gasteiger partial charge in [0.1, 0.15) is 0 Å². The van der Waals surface area contributed by atoms with Crippen LogP contribution in [0.5, 0.6) is 0 Å². The van der Waals surface area contributed by atoms with Crippen molar-refractivity contribution in [2.24, 2.45) is 0 Å². The summed E-state index contributed by atoms with van der Waals surface area (Å²) in [6, 6.07) is 15.6. The van der Waals surface area contributed by atoms with Gasteiger partial charge in [-0.1, -0.05) is 24.3 Å². The number of amides is 2. The number of anilines is 2. The molecule has 0 atom stereocenters. The molecule has 0 aliphatic heterocycles. The lowest BCUT2D eigenvalue weighted by molar-refractivity contribution is -0.118. The molecule has 2 aromatic rings. The van der Waals surface area contributed by atoms with E-state index in [0.29, 0.717) is 13.1 Å². The monoisotopic (exact) mass is 338 g/mol. The number of aryl methyl sites for hydroxylation is 2. The van der Waals surface area contributed by atoms with Crippen LogP contribution in [0.1, 0.15) is 31.4 Å². The summed E-state index contributed by atoms with van der Waals surface area (Å²) in [7, 11) is 0. The van der Waals surface area contributed by atoms with Gasteiger partial charge in [-0.3, -0.25) is 9.59 Å². The summed E-state index contributed by atoms with van der Waals surface area (Å²) < 4.78 is 0. The SMILES string of the molecule is CCN(C(=O)CCN(C(C)=O)c1cc(C)cc(C)c1)c1ccccc1. The summed E-state index contributed by atoms with van der Waals surface area (Å²) in [6.07, 6.45) is 0.287. The van der Waals surface area contributed by atoms with E-state index in [9.17, 15) is 9.59 Å². The number of nitrogens with zero attached hydrogens (tertiary/aromatic N) is 2. The van der Waals surface area contributed by atoms with Gasteiger partial charge in [0.25, 0.3) is 0 Å². The van der Waals surface area contributed by atoms with E-state index in [2.05, 4.69) is 6.07 Å². The highest BCUT2D eigenvalue weighted by Crippen LogP contribution is 2.20. The average molecular weight is 338 g/mol. The minimum absolute atomic E-state index is 0.0179. The Morgan fingerprint density at radius 3 is 2.00 bits per heavy atom. The van der Waals surface area contributed by atoms with Crippen molar-refractivity contribution in [2.45, 2.75) is 34.1 Å². The quantitative estimate of drug-likeness (QED) is 0.795. The first-order valence-electron chi connectivity index (χ1n) is 8.64. The van der Waals surface area contributed by atoms with Crippen LogP contribution in [0.15, 0.2) is 48.5 Å². The summed E-state index contributed by atoms with van der Waals surface area (Å²) in [5.74, 6) is -0.0371. The fourth-order valence-corrected chi connectivity index (χ4v) is 3.03. The number of carbonyl (C=O) groups excluding carboxylic acids is 2. The topological polar surface area (TPSA) is 40.6 Å². The highest BCUT2D eigenvalue weighted by molar-refractivity contribution is 5.96. The van der Waals surface area contributed by atoms with Gasteiger partial charge < -0.3 is 9.80 Å². The normalized spacial score (nSPS) is 10.4. The maximum Gasteiger partial charge on any atom is 0.228 e. The Labute approximate surface area is 150 Å². The molecular weight excluding hydrogens is 312 g/mol. The summed E-state index contributed by atoms with van der Waals surface area (Å²) in [5, 5.41) is 0. The molecule has 0 N–H and O–H groups in total. The van der Waals surface area contributed by atoms with E-state index < -0.39 is 0 Å². The Balaban J connectivity index is 2.12. The van der Waals surface area contributed by atoms with Crippen molar-refractivity contribution in [1.29, 1.82) is 0 Å². The molecule has 0 fully saturated rings. The summed E-state index contributed by atoms with van der Waals surface area (Å²) in [4.78, 5) is 28.2. The van der Waals surface area contributed by atoms with E-state index >= 15 is 0 Å². The Bertz CT molecular complexity index is 721. The molecule has 2 aromatic carbocycles. The second-order valence-electron chi connectivity index (χ2n) is 6.24. The van der Waals surface area contributed by atoms with E-state index in [4.69, 9.17) is 0 Å². The van der Waals surface area contributed by atoms with Crippen LogP contribution in [0.25, 0.3) is 0 Å². The number of hydrogen-bond donors (Lipinski definition) is 0.